The van der Waals surface area contributed by atoms with Gasteiger partial charge < -0.3 is 14.2 Å². The Bertz CT molecular complexity index is 381. The van der Waals surface area contributed by atoms with Gasteiger partial charge in [-0.05, 0) is 37.5 Å². The average molecular weight is 236 g/mol. The summed E-state index contributed by atoms with van der Waals surface area (Å²) in [5.74, 6) is 1.00. The van der Waals surface area contributed by atoms with Crippen LogP contribution in [0.1, 0.15) is 23.1 Å². The minimum Gasteiger partial charge on any atom is -0.493 e. The first-order valence-corrected chi connectivity index (χ1v) is 6.11. The molecule has 0 amide bonds. The Morgan fingerprint density at radius 1 is 1.12 bits per heavy atom. The normalized spacial score (nSPS) is 16.4. The van der Waals surface area contributed by atoms with Crippen LogP contribution in [0.4, 0.5) is 0 Å². The minimum atomic E-state index is -0.0829. The zero-order valence-electron chi connectivity index (χ0n) is 10.8. The highest BCUT2D eigenvalue weighted by molar-refractivity contribution is 5.44. The summed E-state index contributed by atoms with van der Waals surface area (Å²) in [6, 6.07) is 4.22. The molecule has 0 N–H and O–H groups in total. The molecule has 1 saturated heterocycles. The molecule has 1 heterocycles. The molecule has 1 aromatic rings. The van der Waals surface area contributed by atoms with Crippen LogP contribution in [0, 0.1) is 20.8 Å². The highest BCUT2D eigenvalue weighted by Crippen LogP contribution is 2.26. The summed E-state index contributed by atoms with van der Waals surface area (Å²) >= 11 is 0. The lowest BCUT2D eigenvalue weighted by atomic mass is 10.1. The minimum absolute atomic E-state index is 0.0829. The first kappa shape index (κ1) is 12.4. The standard InChI is InChI=1S/C14H20O3/c1-10-4-5-11(2)14(12(10)3)17-7-6-13-15-8-9-16-13/h4-5,13H,6-9H2,1-3H3. The summed E-state index contributed by atoms with van der Waals surface area (Å²) in [6.07, 6.45) is 0.702. The maximum atomic E-state index is 5.85. The summed E-state index contributed by atoms with van der Waals surface area (Å²) in [7, 11) is 0. The van der Waals surface area contributed by atoms with E-state index in [4.69, 9.17) is 14.2 Å². The van der Waals surface area contributed by atoms with E-state index in [9.17, 15) is 0 Å². The Morgan fingerprint density at radius 3 is 2.47 bits per heavy atom. The van der Waals surface area contributed by atoms with E-state index < -0.39 is 0 Å². The van der Waals surface area contributed by atoms with Crippen molar-refractivity contribution in [1.82, 2.24) is 0 Å². The van der Waals surface area contributed by atoms with E-state index in [1.807, 2.05) is 0 Å². The van der Waals surface area contributed by atoms with Gasteiger partial charge in [-0.15, -0.1) is 0 Å². The van der Waals surface area contributed by atoms with Crippen molar-refractivity contribution < 1.29 is 14.2 Å². The topological polar surface area (TPSA) is 27.7 Å². The lowest BCUT2D eigenvalue weighted by Gasteiger charge is -2.15. The van der Waals surface area contributed by atoms with E-state index in [0.29, 0.717) is 19.8 Å². The van der Waals surface area contributed by atoms with Gasteiger partial charge in [-0.2, -0.15) is 0 Å². The Balaban J connectivity index is 1.91. The second kappa shape index (κ2) is 5.52. The maximum absolute atomic E-state index is 5.85. The smallest absolute Gasteiger partial charge is 0.161 e. The Labute approximate surface area is 103 Å². The van der Waals surface area contributed by atoms with Crippen LogP contribution in [0.5, 0.6) is 5.75 Å². The van der Waals surface area contributed by atoms with Gasteiger partial charge in [0.2, 0.25) is 0 Å². The van der Waals surface area contributed by atoms with Crippen molar-refractivity contribution in [3.63, 3.8) is 0 Å². The molecule has 0 bridgehead atoms. The van der Waals surface area contributed by atoms with Gasteiger partial charge in [0.15, 0.2) is 6.29 Å². The lowest BCUT2D eigenvalue weighted by Crippen LogP contribution is -2.13. The average Bonchev–Trinajstić information content (AvgIpc) is 2.81. The number of ether oxygens (including phenoxy) is 3. The highest BCUT2D eigenvalue weighted by Gasteiger charge is 2.16. The third kappa shape index (κ3) is 2.99. The van der Waals surface area contributed by atoms with E-state index in [1.165, 1.54) is 16.7 Å². The van der Waals surface area contributed by atoms with E-state index in [2.05, 4.69) is 32.9 Å². The fourth-order valence-corrected chi connectivity index (χ4v) is 1.98. The summed E-state index contributed by atoms with van der Waals surface area (Å²) in [4.78, 5) is 0. The molecule has 1 aliphatic heterocycles. The Hall–Kier alpha value is -1.06. The molecule has 3 nitrogen and oxygen atoms in total. The third-order valence-corrected chi connectivity index (χ3v) is 3.16. The summed E-state index contributed by atoms with van der Waals surface area (Å²) < 4.78 is 16.6. The molecule has 0 atom stereocenters. The van der Waals surface area contributed by atoms with Crippen LogP contribution in [0.25, 0.3) is 0 Å². The van der Waals surface area contributed by atoms with Crippen molar-refractivity contribution in [3.05, 3.63) is 28.8 Å². The number of rotatable bonds is 4. The van der Waals surface area contributed by atoms with Gasteiger partial charge in [-0.25, -0.2) is 0 Å². The quantitative estimate of drug-likeness (QED) is 0.804. The van der Waals surface area contributed by atoms with Gasteiger partial charge in [0, 0.05) is 6.42 Å². The monoisotopic (exact) mass is 236 g/mol. The molecule has 0 spiro atoms. The predicted octanol–water partition coefficient (Wildman–Crippen LogP) is 2.75. The van der Waals surface area contributed by atoms with Crippen LogP contribution in [0.15, 0.2) is 12.1 Å². The molecule has 1 aromatic carbocycles. The van der Waals surface area contributed by atoms with Gasteiger partial charge in [0.25, 0.3) is 0 Å². The van der Waals surface area contributed by atoms with E-state index in [1.54, 1.807) is 0 Å². The molecule has 17 heavy (non-hydrogen) atoms. The molecule has 1 fully saturated rings. The fraction of sp³-hybridized carbons (Fsp3) is 0.571. The van der Waals surface area contributed by atoms with E-state index in [-0.39, 0.29) is 6.29 Å². The molecule has 94 valence electrons. The second-order valence-electron chi connectivity index (χ2n) is 4.46. The van der Waals surface area contributed by atoms with Crippen LogP contribution in [0.2, 0.25) is 0 Å². The summed E-state index contributed by atoms with van der Waals surface area (Å²) in [5.41, 5.74) is 3.67. The molecule has 0 unspecified atom stereocenters. The number of hydrogen-bond donors (Lipinski definition) is 0. The Morgan fingerprint density at radius 2 is 1.76 bits per heavy atom. The molecular formula is C14H20O3. The first-order valence-electron chi connectivity index (χ1n) is 6.11. The third-order valence-electron chi connectivity index (χ3n) is 3.16. The molecule has 0 aromatic heterocycles. The van der Waals surface area contributed by atoms with E-state index in [0.717, 1.165) is 12.2 Å². The van der Waals surface area contributed by atoms with Gasteiger partial charge in [-0.1, -0.05) is 12.1 Å². The number of benzene rings is 1. The SMILES string of the molecule is Cc1ccc(C)c(OCCC2OCCO2)c1C. The molecule has 1 aliphatic rings. The largest absolute Gasteiger partial charge is 0.493 e. The van der Waals surface area contributed by atoms with Gasteiger partial charge in [0.05, 0.1) is 19.8 Å². The Kier molecular flexibility index (Phi) is 4.02. The maximum Gasteiger partial charge on any atom is 0.161 e. The summed E-state index contributed by atoms with van der Waals surface area (Å²) in [6.45, 7) is 8.31. The lowest BCUT2D eigenvalue weighted by molar-refractivity contribution is -0.0532. The molecule has 0 radical (unpaired) electrons. The molecule has 0 saturated carbocycles. The van der Waals surface area contributed by atoms with Crippen molar-refractivity contribution in [3.8, 4) is 5.75 Å². The van der Waals surface area contributed by atoms with Crippen LogP contribution >= 0.6 is 0 Å². The molecule has 0 aliphatic carbocycles. The zero-order chi connectivity index (χ0) is 12.3. The van der Waals surface area contributed by atoms with Crippen LogP contribution in [0.3, 0.4) is 0 Å². The number of hydrogen-bond acceptors (Lipinski definition) is 3. The van der Waals surface area contributed by atoms with Crippen molar-refractivity contribution in [2.75, 3.05) is 19.8 Å². The zero-order valence-corrected chi connectivity index (χ0v) is 10.8. The fourth-order valence-electron chi connectivity index (χ4n) is 1.98. The van der Waals surface area contributed by atoms with Crippen molar-refractivity contribution in [1.29, 1.82) is 0 Å². The molecule has 3 heteroatoms. The predicted molar refractivity (Wildman–Crippen MR) is 66.5 cm³/mol. The second-order valence-corrected chi connectivity index (χ2v) is 4.46. The highest BCUT2D eigenvalue weighted by atomic mass is 16.7. The van der Waals surface area contributed by atoms with Crippen LogP contribution in [-0.4, -0.2) is 26.1 Å². The molecular weight excluding hydrogens is 216 g/mol. The van der Waals surface area contributed by atoms with Crippen LogP contribution < -0.4 is 4.74 Å². The van der Waals surface area contributed by atoms with Gasteiger partial charge >= 0.3 is 0 Å². The van der Waals surface area contributed by atoms with Crippen molar-refractivity contribution in [2.45, 2.75) is 33.5 Å². The van der Waals surface area contributed by atoms with Crippen LogP contribution in [-0.2, 0) is 9.47 Å². The van der Waals surface area contributed by atoms with E-state index >= 15 is 0 Å². The van der Waals surface area contributed by atoms with Crippen molar-refractivity contribution in [2.24, 2.45) is 0 Å². The first-order chi connectivity index (χ1) is 8.18. The molecule has 2 rings (SSSR count). The van der Waals surface area contributed by atoms with Gasteiger partial charge in [-0.3, -0.25) is 0 Å². The van der Waals surface area contributed by atoms with Gasteiger partial charge in [0.1, 0.15) is 5.75 Å². The van der Waals surface area contributed by atoms with Crippen molar-refractivity contribution >= 4 is 0 Å². The number of aryl methyl sites for hydroxylation is 2. The summed E-state index contributed by atoms with van der Waals surface area (Å²) in [5, 5.41) is 0.